The Hall–Kier alpha value is -4.45. The SMILES string of the molecule is CSNc1ccc(CNc2nc(-c3cc(-c4ccon4)n(Cc4ccccc4F)n3)ncc2F)cc1O. The summed E-state index contributed by atoms with van der Waals surface area (Å²) in [6.07, 6.45) is 4.33. The second-order valence-electron chi connectivity index (χ2n) is 7.95. The van der Waals surface area contributed by atoms with E-state index in [-0.39, 0.29) is 36.3 Å². The second-order valence-corrected chi connectivity index (χ2v) is 8.56. The van der Waals surface area contributed by atoms with Crippen LogP contribution in [-0.2, 0) is 13.1 Å². The molecule has 9 nitrogen and oxygen atoms in total. The lowest BCUT2D eigenvalue weighted by Crippen LogP contribution is -2.07. The first-order valence-corrected chi connectivity index (χ1v) is 12.3. The Bertz CT molecular complexity index is 1530. The highest BCUT2D eigenvalue weighted by Gasteiger charge is 2.18. The third-order valence-corrected chi connectivity index (χ3v) is 5.89. The van der Waals surface area contributed by atoms with E-state index >= 15 is 0 Å². The van der Waals surface area contributed by atoms with Crippen molar-refractivity contribution in [3.8, 4) is 28.7 Å². The van der Waals surface area contributed by atoms with Crippen LogP contribution >= 0.6 is 11.9 Å². The maximum absolute atomic E-state index is 14.5. The summed E-state index contributed by atoms with van der Waals surface area (Å²) in [5.41, 5.74) is 3.15. The van der Waals surface area contributed by atoms with Crippen molar-refractivity contribution in [3.63, 3.8) is 0 Å². The molecule has 5 rings (SSSR count). The number of halogens is 2. The summed E-state index contributed by atoms with van der Waals surface area (Å²) < 4.78 is 38.4. The number of aromatic hydroxyl groups is 1. The highest BCUT2D eigenvalue weighted by Crippen LogP contribution is 2.28. The smallest absolute Gasteiger partial charge is 0.183 e. The molecule has 0 fully saturated rings. The molecule has 0 amide bonds. The Labute approximate surface area is 214 Å². The standard InChI is InChI=1S/C25H21F2N7O2S/c1-37-33-20-7-6-15(10-23(20)35)12-28-24-18(27)13-29-25(30-24)21-11-22(19-8-9-36-32-19)34(31-21)14-16-4-2-3-5-17(16)26/h2-11,13,33,35H,12,14H2,1H3,(H,28,29,30). The fraction of sp³-hybridized carbons (Fsp3) is 0.120. The van der Waals surface area contributed by atoms with E-state index in [1.807, 2.05) is 6.26 Å². The number of hydrogen-bond donors (Lipinski definition) is 3. The number of nitrogens with one attached hydrogen (secondary N) is 2. The molecule has 0 spiro atoms. The molecule has 188 valence electrons. The van der Waals surface area contributed by atoms with Crippen molar-refractivity contribution < 1.29 is 18.4 Å². The van der Waals surface area contributed by atoms with E-state index in [2.05, 4.69) is 30.3 Å². The number of hydrogen-bond acceptors (Lipinski definition) is 9. The molecule has 5 aromatic rings. The lowest BCUT2D eigenvalue weighted by molar-refractivity contribution is 0.421. The van der Waals surface area contributed by atoms with Gasteiger partial charge < -0.3 is 19.7 Å². The van der Waals surface area contributed by atoms with Crippen LogP contribution in [0.2, 0.25) is 0 Å². The number of rotatable bonds is 9. The molecule has 0 saturated heterocycles. The highest BCUT2D eigenvalue weighted by molar-refractivity contribution is 7.99. The third-order valence-electron chi connectivity index (χ3n) is 5.47. The molecule has 0 unspecified atom stereocenters. The Morgan fingerprint density at radius 2 is 1.92 bits per heavy atom. The van der Waals surface area contributed by atoms with Crippen LogP contribution in [0.1, 0.15) is 11.1 Å². The van der Waals surface area contributed by atoms with Gasteiger partial charge in [0.25, 0.3) is 0 Å². The number of benzene rings is 2. The monoisotopic (exact) mass is 521 g/mol. The first kappa shape index (κ1) is 24.3. The fourth-order valence-electron chi connectivity index (χ4n) is 3.67. The summed E-state index contributed by atoms with van der Waals surface area (Å²) >= 11 is 1.36. The highest BCUT2D eigenvalue weighted by atomic mass is 32.2. The van der Waals surface area contributed by atoms with E-state index in [1.165, 1.54) is 24.3 Å². The number of phenolic OH excluding ortho intramolecular Hbond substituents is 1. The number of phenols is 1. The average Bonchev–Trinajstić information content (AvgIpc) is 3.57. The largest absolute Gasteiger partial charge is 0.506 e. The molecule has 3 N–H and O–H groups in total. The zero-order chi connectivity index (χ0) is 25.8. The van der Waals surface area contributed by atoms with Crippen molar-refractivity contribution in [1.29, 1.82) is 0 Å². The molecule has 0 aliphatic heterocycles. The van der Waals surface area contributed by atoms with Crippen molar-refractivity contribution in [2.75, 3.05) is 16.3 Å². The molecule has 3 heterocycles. The van der Waals surface area contributed by atoms with Gasteiger partial charge in [-0.1, -0.05) is 41.4 Å². The van der Waals surface area contributed by atoms with Crippen LogP contribution in [0.5, 0.6) is 5.75 Å². The van der Waals surface area contributed by atoms with Gasteiger partial charge >= 0.3 is 0 Å². The lowest BCUT2D eigenvalue weighted by atomic mass is 10.2. The number of nitrogens with zero attached hydrogens (tertiary/aromatic N) is 5. The zero-order valence-electron chi connectivity index (χ0n) is 19.5. The summed E-state index contributed by atoms with van der Waals surface area (Å²) in [6.45, 7) is 0.346. The predicted molar refractivity (Wildman–Crippen MR) is 137 cm³/mol. The molecule has 0 saturated carbocycles. The molecular formula is C25H21F2N7O2S. The Morgan fingerprint density at radius 3 is 2.68 bits per heavy atom. The first-order valence-electron chi connectivity index (χ1n) is 11.1. The maximum atomic E-state index is 14.5. The van der Waals surface area contributed by atoms with Crippen LogP contribution in [0.15, 0.2) is 71.6 Å². The molecule has 0 aliphatic rings. The summed E-state index contributed by atoms with van der Waals surface area (Å²) in [7, 11) is 0. The molecule has 12 heteroatoms. The second kappa shape index (κ2) is 10.7. The van der Waals surface area contributed by atoms with Crippen LogP contribution in [0.4, 0.5) is 20.3 Å². The van der Waals surface area contributed by atoms with E-state index in [0.29, 0.717) is 28.3 Å². The summed E-state index contributed by atoms with van der Waals surface area (Å²) in [4.78, 5) is 8.42. The molecule has 37 heavy (non-hydrogen) atoms. The topological polar surface area (TPSA) is 114 Å². The minimum atomic E-state index is -0.642. The first-order chi connectivity index (χ1) is 18.0. The van der Waals surface area contributed by atoms with Crippen LogP contribution < -0.4 is 10.0 Å². The minimum Gasteiger partial charge on any atom is -0.506 e. The molecule has 0 atom stereocenters. The van der Waals surface area contributed by atoms with Gasteiger partial charge in [0, 0.05) is 24.4 Å². The average molecular weight is 522 g/mol. The number of anilines is 2. The van der Waals surface area contributed by atoms with Crippen molar-refractivity contribution in [1.82, 2.24) is 24.9 Å². The minimum absolute atomic E-state index is 0.0255. The van der Waals surface area contributed by atoms with Crippen LogP contribution in [0.3, 0.4) is 0 Å². The Morgan fingerprint density at radius 1 is 1.05 bits per heavy atom. The summed E-state index contributed by atoms with van der Waals surface area (Å²) in [5.74, 6) is -0.779. The van der Waals surface area contributed by atoms with Crippen molar-refractivity contribution in [2.45, 2.75) is 13.1 Å². The van der Waals surface area contributed by atoms with Crippen molar-refractivity contribution >= 4 is 23.5 Å². The molecular weight excluding hydrogens is 500 g/mol. The van der Waals surface area contributed by atoms with E-state index in [4.69, 9.17) is 4.52 Å². The van der Waals surface area contributed by atoms with E-state index in [0.717, 1.165) is 11.8 Å². The van der Waals surface area contributed by atoms with Crippen molar-refractivity contribution in [2.24, 2.45) is 0 Å². The normalized spacial score (nSPS) is 11.0. The van der Waals surface area contributed by atoms with Crippen LogP contribution in [-0.4, -0.2) is 36.3 Å². The summed E-state index contributed by atoms with van der Waals surface area (Å²) in [6, 6.07) is 14.9. The Balaban J connectivity index is 1.42. The van der Waals surface area contributed by atoms with E-state index < -0.39 is 5.82 Å². The van der Waals surface area contributed by atoms with Gasteiger partial charge in [0.05, 0.1) is 24.1 Å². The van der Waals surface area contributed by atoms with E-state index in [9.17, 15) is 13.9 Å². The van der Waals surface area contributed by atoms with Gasteiger partial charge in [-0.3, -0.25) is 4.68 Å². The van der Waals surface area contributed by atoms with Gasteiger partial charge in [-0.25, -0.2) is 18.7 Å². The predicted octanol–water partition coefficient (Wildman–Crippen LogP) is 5.33. The molecule has 2 aromatic carbocycles. The molecule has 3 aromatic heterocycles. The summed E-state index contributed by atoms with van der Waals surface area (Å²) in [5, 5.41) is 21.6. The van der Waals surface area contributed by atoms with Crippen LogP contribution in [0.25, 0.3) is 22.9 Å². The fourth-order valence-corrected chi connectivity index (χ4v) is 4.06. The van der Waals surface area contributed by atoms with Gasteiger partial charge in [0.1, 0.15) is 29.2 Å². The Kier molecular flexibility index (Phi) is 6.99. The van der Waals surface area contributed by atoms with Gasteiger partial charge in [0.2, 0.25) is 0 Å². The number of aromatic nitrogens is 5. The lowest BCUT2D eigenvalue weighted by Gasteiger charge is -2.10. The maximum Gasteiger partial charge on any atom is 0.183 e. The van der Waals surface area contributed by atoms with Gasteiger partial charge in [-0.15, -0.1) is 0 Å². The quantitative estimate of drug-likeness (QED) is 0.175. The van der Waals surface area contributed by atoms with Gasteiger partial charge in [0.15, 0.2) is 17.5 Å². The zero-order valence-corrected chi connectivity index (χ0v) is 20.3. The molecule has 0 bridgehead atoms. The van der Waals surface area contributed by atoms with Crippen LogP contribution in [0, 0.1) is 11.6 Å². The van der Waals surface area contributed by atoms with E-state index in [1.54, 1.807) is 53.2 Å². The van der Waals surface area contributed by atoms with Gasteiger partial charge in [-0.05, 0) is 29.8 Å². The van der Waals surface area contributed by atoms with Gasteiger partial charge in [-0.2, -0.15) is 5.10 Å². The third kappa shape index (κ3) is 5.38. The molecule has 0 radical (unpaired) electrons. The molecule has 0 aliphatic carbocycles. The van der Waals surface area contributed by atoms with Crippen molar-refractivity contribution in [3.05, 3.63) is 89.8 Å².